The smallest absolute Gasteiger partial charge is 0.0933 e. The predicted octanol–water partition coefficient (Wildman–Crippen LogP) is 2.85. The van der Waals surface area contributed by atoms with Gasteiger partial charge >= 0.3 is 0 Å². The predicted molar refractivity (Wildman–Crippen MR) is 77.6 cm³/mol. The molecule has 3 aromatic rings. The minimum atomic E-state index is 0.530. The van der Waals surface area contributed by atoms with E-state index < -0.39 is 0 Å². The molecule has 0 fully saturated rings. The van der Waals surface area contributed by atoms with E-state index in [0.717, 1.165) is 22.3 Å². The van der Waals surface area contributed by atoms with Gasteiger partial charge in [-0.1, -0.05) is 42.5 Å². The van der Waals surface area contributed by atoms with Crippen molar-refractivity contribution in [3.05, 3.63) is 72.1 Å². The molecular weight excluding hydrogens is 250 g/mol. The summed E-state index contributed by atoms with van der Waals surface area (Å²) in [5.74, 6) is 0. The molecule has 0 aliphatic rings. The van der Waals surface area contributed by atoms with E-state index in [1.165, 1.54) is 0 Å². The van der Waals surface area contributed by atoms with E-state index in [1.807, 2.05) is 54.6 Å². The fourth-order valence-corrected chi connectivity index (χ4v) is 1.91. The molecular formula is C16H15N3O. The van der Waals surface area contributed by atoms with Gasteiger partial charge in [0, 0.05) is 0 Å². The molecule has 0 aliphatic carbocycles. The molecule has 0 radical (unpaired) electrons. The minimum Gasteiger partial charge on any atom is -0.297 e. The van der Waals surface area contributed by atoms with Gasteiger partial charge in [-0.2, -0.15) is 5.48 Å². The van der Waals surface area contributed by atoms with Gasteiger partial charge in [0.25, 0.3) is 0 Å². The van der Waals surface area contributed by atoms with Crippen molar-refractivity contribution in [1.29, 1.82) is 0 Å². The summed E-state index contributed by atoms with van der Waals surface area (Å²) in [4.78, 5) is 14.3. The highest BCUT2D eigenvalue weighted by Crippen LogP contribution is 2.08. The lowest BCUT2D eigenvalue weighted by Crippen LogP contribution is -2.15. The third-order valence-electron chi connectivity index (χ3n) is 2.94. The summed E-state index contributed by atoms with van der Waals surface area (Å²) in [6, 6.07) is 17.8. The molecule has 3 rings (SSSR count). The van der Waals surface area contributed by atoms with Crippen molar-refractivity contribution in [1.82, 2.24) is 15.4 Å². The van der Waals surface area contributed by atoms with Gasteiger partial charge < -0.3 is 0 Å². The Morgan fingerprint density at radius 2 is 1.65 bits per heavy atom. The van der Waals surface area contributed by atoms with Crippen LogP contribution in [0.3, 0.4) is 0 Å². The number of fused-ring (bicyclic) bond motifs is 1. The van der Waals surface area contributed by atoms with Crippen LogP contribution in [0.25, 0.3) is 11.0 Å². The number of nitrogens with one attached hydrogen (secondary N) is 1. The van der Waals surface area contributed by atoms with Gasteiger partial charge in [-0.05, 0) is 17.7 Å². The first-order chi connectivity index (χ1) is 9.92. The molecule has 1 aromatic heterocycles. The lowest BCUT2D eigenvalue weighted by atomic mass is 10.2. The van der Waals surface area contributed by atoms with Crippen LogP contribution in [0.1, 0.15) is 11.3 Å². The zero-order chi connectivity index (χ0) is 13.6. The van der Waals surface area contributed by atoms with Gasteiger partial charge in [0.05, 0.1) is 36.1 Å². The zero-order valence-electron chi connectivity index (χ0n) is 11.0. The number of para-hydroxylation sites is 2. The van der Waals surface area contributed by atoms with E-state index in [2.05, 4.69) is 15.4 Å². The normalized spacial score (nSPS) is 10.8. The van der Waals surface area contributed by atoms with E-state index in [4.69, 9.17) is 4.84 Å². The molecule has 0 saturated heterocycles. The Labute approximate surface area is 117 Å². The molecule has 0 bridgehead atoms. The summed E-state index contributed by atoms with van der Waals surface area (Å²) in [6.07, 6.45) is 1.77. The quantitative estimate of drug-likeness (QED) is 0.569. The van der Waals surface area contributed by atoms with Gasteiger partial charge in [-0.25, -0.2) is 4.98 Å². The Balaban J connectivity index is 1.55. The van der Waals surface area contributed by atoms with Crippen molar-refractivity contribution >= 4 is 11.0 Å². The van der Waals surface area contributed by atoms with Crippen LogP contribution in [-0.4, -0.2) is 9.97 Å². The maximum Gasteiger partial charge on any atom is 0.0933 e. The number of hydroxylamine groups is 1. The molecule has 2 aromatic carbocycles. The van der Waals surface area contributed by atoms with Crippen molar-refractivity contribution in [3.8, 4) is 0 Å². The van der Waals surface area contributed by atoms with Crippen LogP contribution in [0.5, 0.6) is 0 Å². The van der Waals surface area contributed by atoms with Crippen molar-refractivity contribution < 1.29 is 4.84 Å². The summed E-state index contributed by atoms with van der Waals surface area (Å²) in [7, 11) is 0. The standard InChI is InChI=1S/C16H15N3O/c1-2-6-13(7-3-1)12-20-18-11-14-10-17-15-8-4-5-9-16(15)19-14/h1-10,18H,11-12H2. The van der Waals surface area contributed by atoms with E-state index in [1.54, 1.807) is 6.20 Å². The van der Waals surface area contributed by atoms with Gasteiger partial charge in [0.15, 0.2) is 0 Å². The molecule has 0 saturated carbocycles. The first-order valence-electron chi connectivity index (χ1n) is 6.51. The van der Waals surface area contributed by atoms with Crippen LogP contribution in [-0.2, 0) is 18.0 Å². The fourth-order valence-electron chi connectivity index (χ4n) is 1.91. The average molecular weight is 265 g/mol. The van der Waals surface area contributed by atoms with Crippen LogP contribution in [0.4, 0.5) is 0 Å². The first kappa shape index (κ1) is 12.7. The second kappa shape index (κ2) is 6.23. The second-order valence-corrected chi connectivity index (χ2v) is 4.45. The Hall–Kier alpha value is -2.30. The monoisotopic (exact) mass is 265 g/mol. The van der Waals surface area contributed by atoms with Gasteiger partial charge in [-0.15, -0.1) is 0 Å². The maximum absolute atomic E-state index is 5.42. The summed E-state index contributed by atoms with van der Waals surface area (Å²) in [5.41, 5.74) is 6.70. The third-order valence-corrected chi connectivity index (χ3v) is 2.94. The Morgan fingerprint density at radius 1 is 0.900 bits per heavy atom. The van der Waals surface area contributed by atoms with E-state index in [-0.39, 0.29) is 0 Å². The fraction of sp³-hybridized carbons (Fsp3) is 0.125. The zero-order valence-corrected chi connectivity index (χ0v) is 11.0. The van der Waals surface area contributed by atoms with Crippen LogP contribution >= 0.6 is 0 Å². The van der Waals surface area contributed by atoms with Crippen LogP contribution in [0.2, 0.25) is 0 Å². The lowest BCUT2D eigenvalue weighted by Gasteiger charge is -2.06. The van der Waals surface area contributed by atoms with Crippen LogP contribution in [0, 0.1) is 0 Å². The number of benzene rings is 2. The third kappa shape index (κ3) is 3.17. The number of rotatable bonds is 5. The Bertz CT molecular complexity index is 685. The van der Waals surface area contributed by atoms with Crippen LogP contribution in [0.15, 0.2) is 60.8 Å². The minimum absolute atomic E-state index is 0.530. The average Bonchev–Trinajstić information content (AvgIpc) is 2.52. The highest BCUT2D eigenvalue weighted by atomic mass is 16.6. The molecule has 1 heterocycles. The molecule has 0 atom stereocenters. The van der Waals surface area contributed by atoms with E-state index in [9.17, 15) is 0 Å². The summed E-state index contributed by atoms with van der Waals surface area (Å²) < 4.78 is 0. The summed E-state index contributed by atoms with van der Waals surface area (Å²) in [6.45, 7) is 1.06. The van der Waals surface area contributed by atoms with Crippen molar-refractivity contribution in [3.63, 3.8) is 0 Å². The Kier molecular flexibility index (Phi) is 3.96. The molecule has 100 valence electrons. The Morgan fingerprint density at radius 3 is 2.50 bits per heavy atom. The highest BCUT2D eigenvalue weighted by molar-refractivity contribution is 5.73. The van der Waals surface area contributed by atoms with Crippen molar-refractivity contribution in [2.45, 2.75) is 13.2 Å². The van der Waals surface area contributed by atoms with Crippen molar-refractivity contribution in [2.24, 2.45) is 0 Å². The molecule has 4 nitrogen and oxygen atoms in total. The van der Waals surface area contributed by atoms with E-state index in [0.29, 0.717) is 13.2 Å². The van der Waals surface area contributed by atoms with Gasteiger partial charge in [-0.3, -0.25) is 9.82 Å². The largest absolute Gasteiger partial charge is 0.297 e. The molecule has 0 amide bonds. The van der Waals surface area contributed by atoms with Crippen molar-refractivity contribution in [2.75, 3.05) is 0 Å². The summed E-state index contributed by atoms with van der Waals surface area (Å²) >= 11 is 0. The SMILES string of the molecule is c1ccc(CONCc2cnc3ccccc3n2)cc1. The highest BCUT2D eigenvalue weighted by Gasteiger charge is 1.99. The first-order valence-corrected chi connectivity index (χ1v) is 6.51. The molecule has 0 aliphatic heterocycles. The number of hydrogen-bond acceptors (Lipinski definition) is 4. The van der Waals surface area contributed by atoms with Gasteiger partial charge in [0.1, 0.15) is 0 Å². The number of hydrogen-bond donors (Lipinski definition) is 1. The molecule has 4 heteroatoms. The van der Waals surface area contributed by atoms with E-state index >= 15 is 0 Å². The van der Waals surface area contributed by atoms with Crippen LogP contribution < -0.4 is 5.48 Å². The second-order valence-electron chi connectivity index (χ2n) is 4.45. The molecule has 1 N–H and O–H groups in total. The molecule has 0 spiro atoms. The molecule has 20 heavy (non-hydrogen) atoms. The topological polar surface area (TPSA) is 47.0 Å². The maximum atomic E-state index is 5.42. The van der Waals surface area contributed by atoms with Gasteiger partial charge in [0.2, 0.25) is 0 Å². The summed E-state index contributed by atoms with van der Waals surface area (Å²) in [5, 5.41) is 0. The molecule has 0 unspecified atom stereocenters. The number of aromatic nitrogens is 2. The number of nitrogens with zero attached hydrogens (tertiary/aromatic N) is 2. The lowest BCUT2D eigenvalue weighted by molar-refractivity contribution is 0.0228.